The highest BCUT2D eigenvalue weighted by molar-refractivity contribution is 6.31. The van der Waals surface area contributed by atoms with Gasteiger partial charge in [0.15, 0.2) is 0 Å². The van der Waals surface area contributed by atoms with Gasteiger partial charge in [-0.05, 0) is 115 Å². The number of hydrogen-bond donors (Lipinski definition) is 0. The molecule has 0 saturated carbocycles. The van der Waals surface area contributed by atoms with Crippen molar-refractivity contribution in [1.29, 1.82) is 0 Å². The molecule has 0 radical (unpaired) electrons. The van der Waals surface area contributed by atoms with Crippen LogP contribution in [0.25, 0.3) is 110 Å². The molecule has 260 valence electrons. The Labute approximate surface area is 323 Å². The minimum atomic E-state index is 1.17. The lowest BCUT2D eigenvalue weighted by molar-refractivity contribution is 1.18. The number of rotatable bonds is 4. The van der Waals surface area contributed by atoms with E-state index in [1.807, 2.05) is 0 Å². The molecule has 12 aromatic rings. The van der Waals surface area contributed by atoms with E-state index in [0.717, 1.165) is 0 Å². The van der Waals surface area contributed by atoms with Crippen LogP contribution < -0.4 is 0 Å². The second-order valence-electron chi connectivity index (χ2n) is 14.8. The summed E-state index contributed by atoms with van der Waals surface area (Å²) in [5.74, 6) is 0. The first kappa shape index (κ1) is 31.0. The Hall–Kier alpha value is -7.42. The van der Waals surface area contributed by atoms with Crippen LogP contribution in [0.5, 0.6) is 0 Å². The van der Waals surface area contributed by atoms with E-state index >= 15 is 0 Å². The fourth-order valence-electron chi connectivity index (χ4n) is 9.52. The number of hydrogen-bond acceptors (Lipinski definition) is 0. The Morgan fingerprint density at radius 3 is 1.04 bits per heavy atom. The van der Waals surface area contributed by atoms with Crippen molar-refractivity contribution in [3.8, 4) is 33.6 Å². The molecule has 2 heteroatoms. The Bertz CT molecular complexity index is 3280. The molecule has 0 N–H and O–H groups in total. The molecule has 0 aliphatic carbocycles. The molecule has 56 heavy (non-hydrogen) atoms. The maximum absolute atomic E-state index is 2.42. The Balaban J connectivity index is 1.16. The highest BCUT2D eigenvalue weighted by atomic mass is 15.0. The number of fused-ring (bicyclic) bond motifs is 12. The van der Waals surface area contributed by atoms with Gasteiger partial charge in [-0.15, -0.1) is 0 Å². The van der Waals surface area contributed by atoms with Crippen LogP contribution in [0.1, 0.15) is 0 Å². The molecule has 0 aliphatic rings. The number of benzene rings is 10. The maximum Gasteiger partial charge on any atom is 0.0541 e. The van der Waals surface area contributed by atoms with Gasteiger partial charge < -0.3 is 9.13 Å². The van der Waals surface area contributed by atoms with Crippen LogP contribution in [0.2, 0.25) is 0 Å². The molecule has 2 nitrogen and oxygen atoms in total. The second kappa shape index (κ2) is 12.0. The van der Waals surface area contributed by atoms with E-state index in [9.17, 15) is 0 Å². The van der Waals surface area contributed by atoms with Crippen LogP contribution in [0, 0.1) is 0 Å². The van der Waals surface area contributed by atoms with Crippen molar-refractivity contribution in [2.75, 3.05) is 0 Å². The molecule has 0 aliphatic heterocycles. The molecule has 12 rings (SSSR count). The predicted molar refractivity (Wildman–Crippen MR) is 239 cm³/mol. The predicted octanol–water partition coefficient (Wildman–Crippen LogP) is 14.7. The van der Waals surface area contributed by atoms with Crippen LogP contribution >= 0.6 is 0 Å². The standard InChI is InChI=1S/C54H34N2/c1-3-15-37(16-4-1)55-49-27-11-9-21-43(49)47-33-35(29-31-51(47)55)39-23-13-25-45-41-19-7-8-20-42(41)46-26-14-24-40(54(46)53(39)45)36-30-32-52-48(34-36)44-22-10-12-28-50(44)56(52)38-17-5-2-6-18-38/h1-34H. The third-order valence-electron chi connectivity index (χ3n) is 11.9. The molecule has 2 aromatic heterocycles. The van der Waals surface area contributed by atoms with Gasteiger partial charge in [0.1, 0.15) is 0 Å². The van der Waals surface area contributed by atoms with E-state index in [1.54, 1.807) is 0 Å². The first-order valence-corrected chi connectivity index (χ1v) is 19.4. The molecular formula is C54H34N2. The van der Waals surface area contributed by atoms with Gasteiger partial charge in [-0.2, -0.15) is 0 Å². The number of nitrogens with zero attached hydrogens (tertiary/aromatic N) is 2. The molecule has 2 heterocycles. The van der Waals surface area contributed by atoms with Crippen molar-refractivity contribution in [3.63, 3.8) is 0 Å². The lowest BCUT2D eigenvalue weighted by Crippen LogP contribution is -1.93. The topological polar surface area (TPSA) is 9.86 Å². The van der Waals surface area contributed by atoms with Gasteiger partial charge in [0, 0.05) is 32.9 Å². The summed E-state index contributed by atoms with van der Waals surface area (Å²) in [5.41, 5.74) is 12.1. The third-order valence-corrected chi connectivity index (χ3v) is 11.9. The minimum absolute atomic E-state index is 1.17. The van der Waals surface area contributed by atoms with Crippen molar-refractivity contribution >= 4 is 75.9 Å². The van der Waals surface area contributed by atoms with Gasteiger partial charge in [-0.3, -0.25) is 0 Å². The molecule has 0 unspecified atom stereocenters. The van der Waals surface area contributed by atoms with Crippen molar-refractivity contribution < 1.29 is 0 Å². The van der Waals surface area contributed by atoms with Gasteiger partial charge >= 0.3 is 0 Å². The minimum Gasteiger partial charge on any atom is -0.309 e. The molecule has 0 spiro atoms. The second-order valence-corrected chi connectivity index (χ2v) is 14.8. The van der Waals surface area contributed by atoms with Crippen molar-refractivity contribution in [3.05, 3.63) is 206 Å². The summed E-state index contributed by atoms with van der Waals surface area (Å²) in [6.07, 6.45) is 0. The third kappa shape index (κ3) is 4.44. The van der Waals surface area contributed by atoms with Crippen LogP contribution in [-0.4, -0.2) is 9.13 Å². The summed E-state index contributed by atoms with van der Waals surface area (Å²) in [7, 11) is 0. The van der Waals surface area contributed by atoms with E-state index in [0.29, 0.717) is 0 Å². The highest BCUT2D eigenvalue weighted by Crippen LogP contribution is 2.46. The molecule has 0 atom stereocenters. The molecule has 0 bridgehead atoms. The smallest absolute Gasteiger partial charge is 0.0541 e. The Morgan fingerprint density at radius 1 is 0.232 bits per heavy atom. The van der Waals surface area contributed by atoms with E-state index in [1.165, 1.54) is 110 Å². The Kier molecular flexibility index (Phi) is 6.66. The van der Waals surface area contributed by atoms with Crippen LogP contribution in [0.4, 0.5) is 0 Å². The normalized spacial score (nSPS) is 11.9. The van der Waals surface area contributed by atoms with Crippen LogP contribution in [0.3, 0.4) is 0 Å². The van der Waals surface area contributed by atoms with Gasteiger partial charge in [0.05, 0.1) is 22.1 Å². The molecule has 0 saturated heterocycles. The lowest BCUT2D eigenvalue weighted by atomic mass is 9.86. The molecule has 0 fully saturated rings. The van der Waals surface area contributed by atoms with E-state index in [-0.39, 0.29) is 0 Å². The van der Waals surface area contributed by atoms with Gasteiger partial charge in [0.2, 0.25) is 0 Å². The fourth-order valence-corrected chi connectivity index (χ4v) is 9.52. The number of aromatic nitrogens is 2. The van der Waals surface area contributed by atoms with Gasteiger partial charge in [0.25, 0.3) is 0 Å². The van der Waals surface area contributed by atoms with Crippen molar-refractivity contribution in [1.82, 2.24) is 9.13 Å². The quantitative estimate of drug-likeness (QED) is 0.161. The van der Waals surface area contributed by atoms with Crippen LogP contribution in [-0.2, 0) is 0 Å². The molecule has 10 aromatic carbocycles. The van der Waals surface area contributed by atoms with Gasteiger partial charge in [-0.25, -0.2) is 0 Å². The summed E-state index contributed by atoms with van der Waals surface area (Å²) in [6, 6.07) is 75.8. The fraction of sp³-hybridized carbons (Fsp3) is 0. The number of para-hydroxylation sites is 4. The Morgan fingerprint density at radius 2 is 0.589 bits per heavy atom. The van der Waals surface area contributed by atoms with E-state index in [4.69, 9.17) is 0 Å². The van der Waals surface area contributed by atoms with E-state index in [2.05, 4.69) is 215 Å². The molecular weight excluding hydrogens is 677 g/mol. The summed E-state index contributed by atoms with van der Waals surface area (Å²) in [4.78, 5) is 0. The van der Waals surface area contributed by atoms with Gasteiger partial charge in [-0.1, -0.05) is 146 Å². The monoisotopic (exact) mass is 710 g/mol. The maximum atomic E-state index is 2.42. The van der Waals surface area contributed by atoms with E-state index < -0.39 is 0 Å². The van der Waals surface area contributed by atoms with Crippen molar-refractivity contribution in [2.24, 2.45) is 0 Å². The largest absolute Gasteiger partial charge is 0.309 e. The first-order valence-electron chi connectivity index (χ1n) is 19.4. The zero-order valence-electron chi connectivity index (χ0n) is 30.5. The summed E-state index contributed by atoms with van der Waals surface area (Å²) in [6.45, 7) is 0. The zero-order chi connectivity index (χ0) is 36.7. The highest BCUT2D eigenvalue weighted by Gasteiger charge is 2.20. The average Bonchev–Trinajstić information content (AvgIpc) is 3.79. The summed E-state index contributed by atoms with van der Waals surface area (Å²) < 4.78 is 4.78. The average molecular weight is 711 g/mol. The SMILES string of the molecule is c1ccc(-n2c3ccccc3c3cc(-c4cccc5c6ccccc6c6cccc(-c7ccc8c(c7)c7ccccc7n8-c7ccccc7)c6c45)ccc32)cc1. The summed E-state index contributed by atoms with van der Waals surface area (Å²) in [5, 5.41) is 12.7. The van der Waals surface area contributed by atoms with Crippen molar-refractivity contribution in [2.45, 2.75) is 0 Å². The summed E-state index contributed by atoms with van der Waals surface area (Å²) >= 11 is 0. The molecule has 0 amide bonds. The first-order chi connectivity index (χ1) is 27.8. The lowest BCUT2D eigenvalue weighted by Gasteiger charge is -2.18. The zero-order valence-corrected chi connectivity index (χ0v) is 30.5. The van der Waals surface area contributed by atoms with Crippen LogP contribution in [0.15, 0.2) is 206 Å².